The Morgan fingerprint density at radius 3 is 2.65 bits per heavy atom. The smallest absolute Gasteiger partial charge is 0.260 e. The molecule has 0 spiro atoms. The van der Waals surface area contributed by atoms with E-state index in [-0.39, 0.29) is 25.0 Å². The first-order valence-electron chi connectivity index (χ1n) is 8.14. The molecule has 1 amide bonds. The van der Waals surface area contributed by atoms with E-state index in [2.05, 4.69) is 4.90 Å². The van der Waals surface area contributed by atoms with Gasteiger partial charge in [0.15, 0.2) is 6.61 Å². The van der Waals surface area contributed by atoms with Crippen LogP contribution < -0.4 is 4.74 Å². The summed E-state index contributed by atoms with van der Waals surface area (Å²) >= 11 is 0. The van der Waals surface area contributed by atoms with Gasteiger partial charge in [-0.3, -0.25) is 4.79 Å². The van der Waals surface area contributed by atoms with Crippen molar-refractivity contribution in [2.24, 2.45) is 11.8 Å². The molecule has 1 N–H and O–H groups in total. The van der Waals surface area contributed by atoms with Gasteiger partial charge in [-0.2, -0.15) is 0 Å². The minimum Gasteiger partial charge on any atom is -0.483 e. The Labute approximate surface area is 138 Å². The van der Waals surface area contributed by atoms with Crippen LogP contribution in [0.3, 0.4) is 0 Å². The topological polar surface area (TPSA) is 53.0 Å². The van der Waals surface area contributed by atoms with Crippen molar-refractivity contribution in [3.05, 3.63) is 29.3 Å². The van der Waals surface area contributed by atoms with Gasteiger partial charge in [0.05, 0.1) is 0 Å². The largest absolute Gasteiger partial charge is 0.483 e. The van der Waals surface area contributed by atoms with E-state index in [4.69, 9.17) is 4.74 Å². The van der Waals surface area contributed by atoms with E-state index in [9.17, 15) is 9.90 Å². The average molecular weight is 320 g/mol. The highest BCUT2D eigenvalue weighted by Gasteiger charge is 2.35. The van der Waals surface area contributed by atoms with Gasteiger partial charge in [0, 0.05) is 32.2 Å². The second-order valence-corrected chi connectivity index (χ2v) is 6.75. The van der Waals surface area contributed by atoms with E-state index in [0.29, 0.717) is 19.0 Å². The molecule has 0 saturated carbocycles. The second-order valence-electron chi connectivity index (χ2n) is 6.75. The number of carbonyl (C=O) groups excluding carboxylic acids is 1. The number of hydrogen-bond acceptors (Lipinski definition) is 4. The number of ether oxygens (including phenoxy) is 1. The number of likely N-dealkylation sites (tertiary alicyclic amines) is 1. The zero-order valence-electron chi connectivity index (χ0n) is 14.6. The van der Waals surface area contributed by atoms with Crippen molar-refractivity contribution in [3.8, 4) is 5.75 Å². The third kappa shape index (κ3) is 4.45. The number of rotatable bonds is 6. The molecule has 0 aliphatic carbocycles. The summed E-state index contributed by atoms with van der Waals surface area (Å²) in [6, 6.07) is 5.86. The summed E-state index contributed by atoms with van der Waals surface area (Å²) in [6.45, 7) is 6.40. The molecule has 1 heterocycles. The molecule has 1 aromatic rings. The molecule has 0 unspecified atom stereocenters. The number of carbonyl (C=O) groups is 1. The fourth-order valence-electron chi connectivity index (χ4n) is 3.14. The van der Waals surface area contributed by atoms with Gasteiger partial charge >= 0.3 is 0 Å². The molecule has 2 rings (SSSR count). The van der Waals surface area contributed by atoms with Gasteiger partial charge in [-0.05, 0) is 51.1 Å². The molecule has 1 aromatic carbocycles. The van der Waals surface area contributed by atoms with Crippen LogP contribution in [0.5, 0.6) is 5.75 Å². The lowest BCUT2D eigenvalue weighted by Crippen LogP contribution is -2.34. The summed E-state index contributed by atoms with van der Waals surface area (Å²) in [5, 5.41) is 9.54. The fourth-order valence-corrected chi connectivity index (χ4v) is 3.14. The van der Waals surface area contributed by atoms with Crippen LogP contribution in [0.15, 0.2) is 18.2 Å². The lowest BCUT2D eigenvalue weighted by Gasteiger charge is -2.20. The van der Waals surface area contributed by atoms with Crippen molar-refractivity contribution in [3.63, 3.8) is 0 Å². The Morgan fingerprint density at radius 1 is 1.30 bits per heavy atom. The number of hydrogen-bond donors (Lipinski definition) is 1. The van der Waals surface area contributed by atoms with Crippen molar-refractivity contribution < 1.29 is 14.6 Å². The van der Waals surface area contributed by atoms with Gasteiger partial charge in [0.2, 0.25) is 0 Å². The molecule has 1 aliphatic heterocycles. The lowest BCUT2D eigenvalue weighted by molar-refractivity contribution is -0.132. The van der Waals surface area contributed by atoms with Gasteiger partial charge in [-0.15, -0.1) is 0 Å². The van der Waals surface area contributed by atoms with Crippen molar-refractivity contribution >= 4 is 5.91 Å². The van der Waals surface area contributed by atoms with Crippen molar-refractivity contribution in [1.29, 1.82) is 0 Å². The van der Waals surface area contributed by atoms with Crippen LogP contribution in [0.25, 0.3) is 0 Å². The zero-order valence-corrected chi connectivity index (χ0v) is 14.6. The quantitative estimate of drug-likeness (QED) is 0.859. The maximum atomic E-state index is 12.4. The maximum absolute atomic E-state index is 12.4. The molecule has 1 aliphatic rings. The molecule has 0 bridgehead atoms. The summed E-state index contributed by atoms with van der Waals surface area (Å²) < 4.78 is 5.71. The molecule has 0 radical (unpaired) electrons. The molecule has 5 heteroatoms. The predicted molar refractivity (Wildman–Crippen MR) is 90.6 cm³/mol. The molecule has 0 aromatic heterocycles. The molecule has 5 nitrogen and oxygen atoms in total. The third-order valence-corrected chi connectivity index (χ3v) is 4.67. The van der Waals surface area contributed by atoms with Crippen LogP contribution in [0.1, 0.15) is 11.1 Å². The lowest BCUT2D eigenvalue weighted by atomic mass is 9.97. The van der Waals surface area contributed by atoms with E-state index in [1.54, 1.807) is 0 Å². The molecular weight excluding hydrogens is 292 g/mol. The summed E-state index contributed by atoms with van der Waals surface area (Å²) in [5.74, 6) is 1.23. The first-order valence-corrected chi connectivity index (χ1v) is 8.14. The molecule has 128 valence electrons. The number of amides is 1. The van der Waals surface area contributed by atoms with Crippen LogP contribution in [0, 0.1) is 25.7 Å². The average Bonchev–Trinajstić information content (AvgIpc) is 2.90. The fraction of sp³-hybridized carbons (Fsp3) is 0.611. The van der Waals surface area contributed by atoms with Crippen molar-refractivity contribution in [2.75, 3.05) is 46.9 Å². The van der Waals surface area contributed by atoms with Crippen molar-refractivity contribution in [1.82, 2.24) is 9.80 Å². The van der Waals surface area contributed by atoms with Crippen molar-refractivity contribution in [2.45, 2.75) is 13.8 Å². The van der Waals surface area contributed by atoms with E-state index < -0.39 is 0 Å². The first-order chi connectivity index (χ1) is 10.9. The summed E-state index contributed by atoms with van der Waals surface area (Å²) in [6.07, 6.45) is 0. The SMILES string of the molecule is Cc1cccc(OCC(=O)N2C[C@@H](CN(C)C)[C@@H](CO)C2)c1C. The molecule has 1 fully saturated rings. The van der Waals surface area contributed by atoms with E-state index in [0.717, 1.165) is 23.4 Å². The minimum absolute atomic E-state index is 0.00869. The Morgan fingerprint density at radius 2 is 2.00 bits per heavy atom. The molecular formula is C18H28N2O3. The monoisotopic (exact) mass is 320 g/mol. The van der Waals surface area contributed by atoms with E-state index in [1.807, 2.05) is 51.0 Å². The highest BCUT2D eigenvalue weighted by molar-refractivity contribution is 5.78. The van der Waals surface area contributed by atoms with Gasteiger partial charge in [0.1, 0.15) is 5.75 Å². The van der Waals surface area contributed by atoms with E-state index >= 15 is 0 Å². The van der Waals surface area contributed by atoms with Gasteiger partial charge < -0.3 is 19.6 Å². The van der Waals surface area contributed by atoms with Crippen LogP contribution in [0.4, 0.5) is 0 Å². The minimum atomic E-state index is -0.00869. The van der Waals surface area contributed by atoms with Gasteiger partial charge in [0.25, 0.3) is 5.91 Å². The Bertz CT molecular complexity index is 545. The normalized spacial score (nSPS) is 21.0. The third-order valence-electron chi connectivity index (χ3n) is 4.67. The number of aryl methyl sites for hydroxylation is 1. The number of nitrogens with zero attached hydrogens (tertiary/aromatic N) is 2. The summed E-state index contributed by atoms with van der Waals surface area (Å²) in [5.41, 5.74) is 2.22. The number of aliphatic hydroxyl groups is 1. The summed E-state index contributed by atoms with van der Waals surface area (Å²) in [7, 11) is 4.03. The van der Waals surface area contributed by atoms with Gasteiger partial charge in [-0.1, -0.05) is 12.1 Å². The van der Waals surface area contributed by atoms with Crippen LogP contribution in [-0.2, 0) is 4.79 Å². The first kappa shape index (κ1) is 17.8. The van der Waals surface area contributed by atoms with Crippen LogP contribution in [-0.4, -0.2) is 67.8 Å². The molecule has 23 heavy (non-hydrogen) atoms. The Hall–Kier alpha value is -1.59. The standard InChI is InChI=1S/C18H28N2O3/c1-13-6-5-7-17(14(13)2)23-12-18(22)20-9-15(8-19(3)4)16(10-20)11-21/h5-7,15-16,21H,8-12H2,1-4H3/t15-,16-/m1/s1. The summed E-state index contributed by atoms with van der Waals surface area (Å²) in [4.78, 5) is 16.3. The number of aliphatic hydroxyl groups excluding tert-OH is 1. The number of benzene rings is 1. The molecule has 2 atom stereocenters. The van der Waals surface area contributed by atoms with Gasteiger partial charge in [-0.25, -0.2) is 0 Å². The second kappa shape index (κ2) is 7.79. The highest BCUT2D eigenvalue weighted by atomic mass is 16.5. The Balaban J connectivity index is 1.92. The van der Waals surface area contributed by atoms with Crippen LogP contribution in [0.2, 0.25) is 0 Å². The van der Waals surface area contributed by atoms with Crippen LogP contribution >= 0.6 is 0 Å². The maximum Gasteiger partial charge on any atom is 0.260 e. The zero-order chi connectivity index (χ0) is 17.0. The van der Waals surface area contributed by atoms with E-state index in [1.165, 1.54) is 0 Å². The molecule has 1 saturated heterocycles. The highest BCUT2D eigenvalue weighted by Crippen LogP contribution is 2.24. The Kier molecular flexibility index (Phi) is 6.02. The predicted octanol–water partition coefficient (Wildman–Crippen LogP) is 1.31.